The van der Waals surface area contributed by atoms with Gasteiger partial charge in [0.1, 0.15) is 0 Å². The number of anilines is 4. The fraction of sp³-hybridized carbons (Fsp3) is 0.243. The highest BCUT2D eigenvalue weighted by Crippen LogP contribution is 2.39. The highest BCUT2D eigenvalue weighted by Gasteiger charge is 2.29. The van der Waals surface area contributed by atoms with Crippen molar-refractivity contribution >= 4 is 57.8 Å². The van der Waals surface area contributed by atoms with Gasteiger partial charge < -0.3 is 30.7 Å². The second-order valence-electron chi connectivity index (χ2n) is 12.4. The molecule has 0 bridgehead atoms. The molecule has 1 aliphatic carbocycles. The number of rotatable bonds is 8. The topological polar surface area (TPSA) is 126 Å². The number of nitrogens with one attached hydrogen (secondary N) is 4. The number of benzene rings is 3. The Morgan fingerprint density at radius 1 is 0.938 bits per heavy atom. The molecule has 0 unspecified atom stereocenters. The highest BCUT2D eigenvalue weighted by atomic mass is 16.2. The van der Waals surface area contributed by atoms with Crippen LogP contribution in [-0.2, 0) is 16.0 Å². The number of nitrogens with zero attached hydrogens (tertiary/aromatic N) is 4. The molecule has 7 rings (SSSR count). The molecule has 244 valence electrons. The quantitative estimate of drug-likeness (QED) is 0.204. The number of allylic oxidation sites excluding steroid dienone is 1. The number of amides is 3. The highest BCUT2D eigenvalue weighted by molar-refractivity contribution is 6.37. The third kappa shape index (κ3) is 6.51. The van der Waals surface area contributed by atoms with E-state index in [0.717, 1.165) is 67.3 Å². The van der Waals surface area contributed by atoms with Crippen molar-refractivity contribution < 1.29 is 14.4 Å². The first-order valence-electron chi connectivity index (χ1n) is 16.2. The van der Waals surface area contributed by atoms with Crippen molar-refractivity contribution in [2.75, 3.05) is 67.7 Å². The lowest BCUT2D eigenvalue weighted by Crippen LogP contribution is -2.48. The zero-order valence-electron chi connectivity index (χ0n) is 27.0. The predicted molar refractivity (Wildman–Crippen MR) is 190 cm³/mol. The van der Waals surface area contributed by atoms with E-state index < -0.39 is 0 Å². The van der Waals surface area contributed by atoms with E-state index in [2.05, 4.69) is 48.8 Å². The van der Waals surface area contributed by atoms with Crippen LogP contribution in [-0.4, -0.2) is 84.3 Å². The minimum Gasteiger partial charge on any atom is -0.354 e. The van der Waals surface area contributed by atoms with Crippen molar-refractivity contribution in [2.24, 2.45) is 0 Å². The van der Waals surface area contributed by atoms with Gasteiger partial charge in [0.25, 0.3) is 11.8 Å². The molecule has 3 aliphatic rings. The molecule has 11 heteroatoms. The average Bonchev–Trinajstić information content (AvgIpc) is 3.69. The van der Waals surface area contributed by atoms with E-state index in [1.54, 1.807) is 24.1 Å². The SMILES string of the molecule is CN1CCN(CC(=O)N(C)c2ccc(N/C(=C3\C(=O)Nc4cc(NC(=O)c5nc6c([nH]5)C=CCC6)ccc43)c3ccccc3)cc2)CC1. The van der Waals surface area contributed by atoms with Crippen LogP contribution < -0.4 is 20.9 Å². The standard InChI is InChI=1S/C37H38N8O3/c1-43-18-20-45(21-19-43)23-32(46)44(2)27-15-12-25(13-16-27)38-34(24-8-4-3-5-9-24)33-28-17-14-26(22-31(28)42-36(33)47)39-37(48)35-40-29-10-6-7-11-30(29)41-35/h3-6,8-10,12-17,22,38H,7,11,18-21,23H2,1-2H3,(H,39,48)(H,40,41)(H,42,47)/b34-33-. The average molecular weight is 643 g/mol. The van der Waals surface area contributed by atoms with E-state index in [-0.39, 0.29) is 23.5 Å². The molecule has 1 saturated heterocycles. The Hall–Kier alpha value is -5.52. The Balaban J connectivity index is 1.11. The van der Waals surface area contributed by atoms with Crippen LogP contribution in [0.4, 0.5) is 22.7 Å². The first kappa shape index (κ1) is 31.1. The van der Waals surface area contributed by atoms with Gasteiger partial charge in [-0.05, 0) is 74.0 Å². The summed E-state index contributed by atoms with van der Waals surface area (Å²) in [7, 11) is 3.90. The summed E-state index contributed by atoms with van der Waals surface area (Å²) in [6, 6.07) is 22.7. The van der Waals surface area contributed by atoms with Gasteiger partial charge >= 0.3 is 0 Å². The maximum Gasteiger partial charge on any atom is 0.291 e. The van der Waals surface area contributed by atoms with Gasteiger partial charge in [-0.25, -0.2) is 4.98 Å². The second kappa shape index (κ2) is 13.3. The van der Waals surface area contributed by atoms with Gasteiger partial charge in [0.2, 0.25) is 5.91 Å². The Bertz CT molecular complexity index is 1920. The lowest BCUT2D eigenvalue weighted by atomic mass is 9.99. The number of aryl methyl sites for hydroxylation is 1. The Morgan fingerprint density at radius 2 is 1.69 bits per heavy atom. The van der Waals surface area contributed by atoms with Crippen LogP contribution in [0, 0.1) is 0 Å². The van der Waals surface area contributed by atoms with Crippen molar-refractivity contribution in [3.8, 4) is 0 Å². The van der Waals surface area contributed by atoms with Gasteiger partial charge in [0.15, 0.2) is 5.82 Å². The molecule has 0 radical (unpaired) electrons. The van der Waals surface area contributed by atoms with Crippen LogP contribution >= 0.6 is 0 Å². The van der Waals surface area contributed by atoms with Gasteiger partial charge in [-0.1, -0.05) is 36.4 Å². The van der Waals surface area contributed by atoms with Crippen LogP contribution in [0.2, 0.25) is 0 Å². The predicted octanol–water partition coefficient (Wildman–Crippen LogP) is 4.76. The molecular formula is C37H38N8O3. The van der Waals surface area contributed by atoms with Gasteiger partial charge in [-0.2, -0.15) is 0 Å². The van der Waals surface area contributed by atoms with Gasteiger partial charge in [0, 0.05) is 55.9 Å². The monoisotopic (exact) mass is 642 g/mol. The third-order valence-electron chi connectivity index (χ3n) is 9.05. The summed E-state index contributed by atoms with van der Waals surface area (Å²) in [5.74, 6) is -0.304. The lowest BCUT2D eigenvalue weighted by Gasteiger charge is -2.32. The Labute approximate surface area is 279 Å². The van der Waals surface area contributed by atoms with E-state index in [1.807, 2.05) is 66.7 Å². The number of likely N-dealkylation sites (N-methyl/N-ethyl adjacent to an activating group) is 2. The molecule has 1 fully saturated rings. The first-order chi connectivity index (χ1) is 23.3. The number of fused-ring (bicyclic) bond motifs is 2. The van der Waals surface area contributed by atoms with E-state index in [4.69, 9.17) is 0 Å². The molecule has 3 heterocycles. The molecule has 0 saturated carbocycles. The number of carbonyl (C=O) groups excluding carboxylic acids is 3. The fourth-order valence-electron chi connectivity index (χ4n) is 6.21. The zero-order chi connectivity index (χ0) is 33.2. The molecule has 11 nitrogen and oxygen atoms in total. The lowest BCUT2D eigenvalue weighted by molar-refractivity contribution is -0.119. The number of H-pyrrole nitrogens is 1. The summed E-state index contributed by atoms with van der Waals surface area (Å²) in [5, 5.41) is 9.36. The smallest absolute Gasteiger partial charge is 0.291 e. The second-order valence-corrected chi connectivity index (χ2v) is 12.4. The van der Waals surface area contributed by atoms with Gasteiger partial charge in [-0.15, -0.1) is 0 Å². The molecular weight excluding hydrogens is 604 g/mol. The molecule has 0 atom stereocenters. The van der Waals surface area contributed by atoms with Gasteiger partial charge in [0.05, 0.1) is 34.9 Å². The largest absolute Gasteiger partial charge is 0.354 e. The summed E-state index contributed by atoms with van der Waals surface area (Å²) in [5.41, 5.74) is 7.14. The van der Waals surface area contributed by atoms with Gasteiger partial charge in [-0.3, -0.25) is 19.3 Å². The van der Waals surface area contributed by atoms with Crippen molar-refractivity contribution in [1.82, 2.24) is 19.8 Å². The number of hydrogen-bond donors (Lipinski definition) is 4. The van der Waals surface area contributed by atoms with E-state index >= 15 is 0 Å². The molecule has 48 heavy (non-hydrogen) atoms. The summed E-state index contributed by atoms with van der Waals surface area (Å²) in [4.78, 5) is 53.3. The van der Waals surface area contributed by atoms with Crippen LogP contribution in [0.15, 0.2) is 78.9 Å². The number of aromatic nitrogens is 2. The van der Waals surface area contributed by atoms with E-state index in [0.29, 0.717) is 34.8 Å². The van der Waals surface area contributed by atoms with E-state index in [1.165, 1.54) is 0 Å². The molecule has 2 aliphatic heterocycles. The Morgan fingerprint density at radius 3 is 2.44 bits per heavy atom. The number of aromatic amines is 1. The molecule has 3 amide bonds. The number of imidazole rings is 1. The summed E-state index contributed by atoms with van der Waals surface area (Å²) < 4.78 is 0. The van der Waals surface area contributed by atoms with Crippen LogP contribution in [0.3, 0.4) is 0 Å². The normalized spacial score (nSPS) is 16.9. The zero-order valence-corrected chi connectivity index (χ0v) is 27.0. The molecule has 4 N–H and O–H groups in total. The third-order valence-corrected chi connectivity index (χ3v) is 9.05. The molecule has 0 spiro atoms. The fourth-order valence-corrected chi connectivity index (χ4v) is 6.21. The van der Waals surface area contributed by atoms with Crippen molar-refractivity contribution in [3.63, 3.8) is 0 Å². The molecule has 4 aromatic rings. The van der Waals surface area contributed by atoms with Crippen LogP contribution in [0.5, 0.6) is 0 Å². The van der Waals surface area contributed by atoms with E-state index in [9.17, 15) is 14.4 Å². The maximum atomic E-state index is 13.5. The minimum atomic E-state index is -0.348. The van der Waals surface area contributed by atoms with Crippen LogP contribution in [0.1, 0.15) is 39.6 Å². The van der Waals surface area contributed by atoms with Crippen molar-refractivity contribution in [1.29, 1.82) is 0 Å². The molecule has 3 aromatic carbocycles. The van der Waals surface area contributed by atoms with Crippen molar-refractivity contribution in [2.45, 2.75) is 12.8 Å². The van der Waals surface area contributed by atoms with Crippen LogP contribution in [0.25, 0.3) is 17.3 Å². The van der Waals surface area contributed by atoms with Crippen molar-refractivity contribution in [3.05, 3.63) is 107 Å². The number of hydrogen-bond acceptors (Lipinski definition) is 7. The minimum absolute atomic E-state index is 0.0441. The summed E-state index contributed by atoms with van der Waals surface area (Å²) >= 11 is 0. The molecule has 1 aromatic heterocycles. The first-order valence-corrected chi connectivity index (χ1v) is 16.2. The summed E-state index contributed by atoms with van der Waals surface area (Å²) in [6.45, 7) is 4.07. The Kier molecular flexibility index (Phi) is 8.62. The number of piperazine rings is 1. The maximum absolute atomic E-state index is 13.5. The number of carbonyl (C=O) groups is 3. The summed E-state index contributed by atoms with van der Waals surface area (Å²) in [6.07, 6.45) is 5.71.